The van der Waals surface area contributed by atoms with Crippen LogP contribution in [0.25, 0.3) is 0 Å². The van der Waals surface area contributed by atoms with Crippen molar-refractivity contribution < 1.29 is 9.90 Å². The number of hydrogen-bond donors (Lipinski definition) is 2. The first kappa shape index (κ1) is 17.2. The molecule has 0 aromatic heterocycles. The van der Waals surface area contributed by atoms with Crippen LogP contribution in [0.15, 0.2) is 12.2 Å². The molecule has 0 amide bonds. The molecule has 3 heteroatoms. The van der Waals surface area contributed by atoms with Gasteiger partial charge in [0, 0.05) is 6.42 Å². The fraction of sp³-hybridized carbons (Fsp3) is 0.800. The van der Waals surface area contributed by atoms with E-state index < -0.39 is 5.97 Å². The fourth-order valence-electron chi connectivity index (χ4n) is 2.28. The maximum Gasteiger partial charge on any atom is 0.303 e. The highest BCUT2D eigenvalue weighted by atomic mass is 16.4. The molecule has 0 bridgehead atoms. The molecule has 0 aromatic rings. The highest BCUT2D eigenvalue weighted by Gasteiger charge is 2.11. The molecule has 0 aliphatic carbocycles. The lowest BCUT2D eigenvalue weighted by Crippen LogP contribution is -2.13. The van der Waals surface area contributed by atoms with Crippen LogP contribution in [0.3, 0.4) is 0 Å². The summed E-state index contributed by atoms with van der Waals surface area (Å²) in [6, 6.07) is 0. The number of allylic oxidation sites excluding steroid dienone is 2. The van der Waals surface area contributed by atoms with Crippen LogP contribution in [0.4, 0.5) is 0 Å². The zero-order valence-electron chi connectivity index (χ0n) is 12.2. The van der Waals surface area contributed by atoms with Crippen LogP contribution in [0.5, 0.6) is 0 Å². The van der Waals surface area contributed by atoms with Gasteiger partial charge in [0.05, 0.1) is 0 Å². The van der Waals surface area contributed by atoms with Crippen molar-refractivity contribution in [2.75, 3.05) is 6.54 Å². The molecule has 0 rings (SSSR count). The van der Waals surface area contributed by atoms with Crippen molar-refractivity contribution in [3.05, 3.63) is 12.2 Å². The monoisotopic (exact) mass is 255 g/mol. The van der Waals surface area contributed by atoms with Gasteiger partial charge in [0.1, 0.15) is 0 Å². The zero-order valence-corrected chi connectivity index (χ0v) is 12.2. The van der Waals surface area contributed by atoms with Crippen molar-refractivity contribution in [2.45, 2.75) is 47.0 Å². The molecule has 0 aromatic carbocycles. The maximum atomic E-state index is 10.6. The molecule has 0 aliphatic heterocycles. The summed E-state index contributed by atoms with van der Waals surface area (Å²) < 4.78 is 0. The minimum absolute atomic E-state index is 0.237. The van der Waals surface area contributed by atoms with Gasteiger partial charge in [-0.2, -0.15) is 0 Å². The normalized spacial score (nSPS) is 18.5. The number of rotatable bonds is 9. The van der Waals surface area contributed by atoms with E-state index in [1.807, 2.05) is 6.92 Å². The Kier molecular flexibility index (Phi) is 8.73. The Balaban J connectivity index is 3.98. The van der Waals surface area contributed by atoms with Gasteiger partial charge in [0.2, 0.25) is 0 Å². The molecule has 0 unspecified atom stereocenters. The maximum absolute atomic E-state index is 10.6. The second-order valence-corrected chi connectivity index (χ2v) is 5.85. The molecule has 0 fully saturated rings. The average molecular weight is 255 g/mol. The van der Waals surface area contributed by atoms with Crippen molar-refractivity contribution in [1.29, 1.82) is 0 Å². The van der Waals surface area contributed by atoms with Gasteiger partial charge in [0.15, 0.2) is 0 Å². The van der Waals surface area contributed by atoms with Gasteiger partial charge in [-0.25, -0.2) is 0 Å². The predicted octanol–water partition coefficient (Wildman–Crippen LogP) is 3.30. The topological polar surface area (TPSA) is 63.3 Å². The number of aliphatic carboxylic acids is 1. The summed E-state index contributed by atoms with van der Waals surface area (Å²) in [5.74, 6) is 1.07. The highest BCUT2D eigenvalue weighted by molar-refractivity contribution is 5.66. The van der Waals surface area contributed by atoms with Crippen LogP contribution in [-0.4, -0.2) is 17.6 Å². The molecular formula is C15H29NO2. The quantitative estimate of drug-likeness (QED) is 0.621. The van der Waals surface area contributed by atoms with Gasteiger partial charge in [-0.3, -0.25) is 4.79 Å². The summed E-state index contributed by atoms with van der Waals surface area (Å²) in [4.78, 5) is 10.6. The van der Waals surface area contributed by atoms with Gasteiger partial charge < -0.3 is 10.8 Å². The van der Waals surface area contributed by atoms with Crippen LogP contribution in [0.2, 0.25) is 0 Å². The molecule has 18 heavy (non-hydrogen) atoms. The van der Waals surface area contributed by atoms with E-state index in [2.05, 4.69) is 32.9 Å². The number of carboxylic acids is 1. The van der Waals surface area contributed by atoms with Gasteiger partial charge in [-0.1, -0.05) is 39.8 Å². The van der Waals surface area contributed by atoms with E-state index in [1.165, 1.54) is 0 Å². The molecule has 3 nitrogen and oxygen atoms in total. The van der Waals surface area contributed by atoms with Gasteiger partial charge >= 0.3 is 5.97 Å². The van der Waals surface area contributed by atoms with Crippen LogP contribution in [0, 0.1) is 23.7 Å². The Bertz CT molecular complexity index is 263. The summed E-state index contributed by atoms with van der Waals surface area (Å²) in [5.41, 5.74) is 5.61. The Morgan fingerprint density at radius 1 is 1.06 bits per heavy atom. The number of hydrogen-bond acceptors (Lipinski definition) is 2. The lowest BCUT2D eigenvalue weighted by atomic mass is 9.92. The smallest absolute Gasteiger partial charge is 0.303 e. The number of nitrogens with two attached hydrogens (primary N) is 1. The third-order valence-corrected chi connectivity index (χ3v) is 3.24. The van der Waals surface area contributed by atoms with E-state index in [0.29, 0.717) is 17.8 Å². The lowest BCUT2D eigenvalue weighted by molar-refractivity contribution is -0.138. The van der Waals surface area contributed by atoms with E-state index in [-0.39, 0.29) is 12.3 Å². The second kappa shape index (κ2) is 9.15. The van der Waals surface area contributed by atoms with E-state index >= 15 is 0 Å². The summed E-state index contributed by atoms with van der Waals surface area (Å²) in [6.07, 6.45) is 6.76. The first-order chi connectivity index (χ1) is 8.35. The van der Waals surface area contributed by atoms with E-state index in [0.717, 1.165) is 19.4 Å². The van der Waals surface area contributed by atoms with Crippen LogP contribution in [-0.2, 0) is 4.79 Å². The Hall–Kier alpha value is -0.830. The standard InChI is InChI=1S/C15H29NO2/c1-11(7-13(3)9-15(17)18)5-6-12(2)8-14(4)10-16/h5-6,11-14H,7-10,16H2,1-4H3,(H,17,18)/b6-5+/t11-,12-,13-,14-/m1/s1. The van der Waals surface area contributed by atoms with Crippen LogP contribution in [0.1, 0.15) is 47.0 Å². The molecule has 3 N–H and O–H groups in total. The van der Waals surface area contributed by atoms with E-state index in [1.54, 1.807) is 0 Å². The SMILES string of the molecule is C[C@@H](CN)C[C@H](C)/C=C/[C@@H](C)C[C@@H](C)CC(=O)O. The van der Waals surface area contributed by atoms with Crippen molar-refractivity contribution >= 4 is 5.97 Å². The first-order valence-corrected chi connectivity index (χ1v) is 6.95. The average Bonchev–Trinajstić information content (AvgIpc) is 2.24. The predicted molar refractivity (Wildman–Crippen MR) is 76.3 cm³/mol. The van der Waals surface area contributed by atoms with Gasteiger partial charge in [-0.15, -0.1) is 0 Å². The molecule has 0 heterocycles. The van der Waals surface area contributed by atoms with Crippen molar-refractivity contribution in [1.82, 2.24) is 0 Å². The van der Waals surface area contributed by atoms with Crippen molar-refractivity contribution in [2.24, 2.45) is 29.4 Å². The summed E-state index contributed by atoms with van der Waals surface area (Å²) in [7, 11) is 0. The Morgan fingerprint density at radius 3 is 1.89 bits per heavy atom. The minimum Gasteiger partial charge on any atom is -0.481 e. The molecular weight excluding hydrogens is 226 g/mol. The summed E-state index contributed by atoms with van der Waals surface area (Å²) in [6.45, 7) is 9.26. The summed E-state index contributed by atoms with van der Waals surface area (Å²) >= 11 is 0. The molecule has 0 saturated heterocycles. The zero-order chi connectivity index (χ0) is 14.1. The largest absolute Gasteiger partial charge is 0.481 e. The third kappa shape index (κ3) is 9.23. The molecule has 0 radical (unpaired) electrons. The Labute approximate surface area is 111 Å². The molecule has 0 saturated carbocycles. The second-order valence-electron chi connectivity index (χ2n) is 5.85. The fourth-order valence-corrected chi connectivity index (χ4v) is 2.28. The van der Waals surface area contributed by atoms with E-state index in [9.17, 15) is 4.79 Å². The van der Waals surface area contributed by atoms with Crippen LogP contribution >= 0.6 is 0 Å². The molecule has 106 valence electrons. The molecule has 0 spiro atoms. The summed E-state index contributed by atoms with van der Waals surface area (Å²) in [5, 5.41) is 8.71. The van der Waals surface area contributed by atoms with Gasteiger partial charge in [0.25, 0.3) is 0 Å². The van der Waals surface area contributed by atoms with E-state index in [4.69, 9.17) is 10.8 Å². The Morgan fingerprint density at radius 2 is 1.50 bits per heavy atom. The van der Waals surface area contributed by atoms with Gasteiger partial charge in [-0.05, 0) is 43.1 Å². The highest BCUT2D eigenvalue weighted by Crippen LogP contribution is 2.18. The first-order valence-electron chi connectivity index (χ1n) is 6.95. The molecule has 4 atom stereocenters. The lowest BCUT2D eigenvalue weighted by Gasteiger charge is -2.15. The van der Waals surface area contributed by atoms with Crippen molar-refractivity contribution in [3.8, 4) is 0 Å². The minimum atomic E-state index is -0.705. The third-order valence-electron chi connectivity index (χ3n) is 3.24. The molecule has 0 aliphatic rings. The van der Waals surface area contributed by atoms with Crippen molar-refractivity contribution in [3.63, 3.8) is 0 Å². The van der Waals surface area contributed by atoms with Crippen LogP contribution < -0.4 is 5.73 Å². The number of carboxylic acid groups (broad SMARTS) is 1. The number of carbonyl (C=O) groups is 1.